The molecule has 6 nitrogen and oxygen atoms in total. The minimum atomic E-state index is -0.821. The summed E-state index contributed by atoms with van der Waals surface area (Å²) in [5.41, 5.74) is 2.83. The summed E-state index contributed by atoms with van der Waals surface area (Å²) in [7, 11) is 0. The number of benzene rings is 2. The Labute approximate surface area is 156 Å². The van der Waals surface area contributed by atoms with E-state index in [1.165, 1.54) is 19.9 Å². The number of ether oxygens (including phenoxy) is 1. The molecule has 0 heterocycles. The number of nitro benzene ring substituents is 1. The molecule has 0 spiro atoms. The second kappa shape index (κ2) is 7.53. The quantitative estimate of drug-likeness (QED) is 0.335. The topological polar surface area (TPSA) is 86.5 Å². The van der Waals surface area contributed by atoms with Crippen LogP contribution >= 0.6 is 0 Å². The van der Waals surface area contributed by atoms with Gasteiger partial charge in [-0.2, -0.15) is 0 Å². The normalized spacial score (nSPS) is 18.4. The summed E-state index contributed by atoms with van der Waals surface area (Å²) in [5, 5.41) is 11.5. The highest BCUT2D eigenvalue weighted by Gasteiger charge is 2.40. The number of rotatable bonds is 6. The summed E-state index contributed by atoms with van der Waals surface area (Å²) >= 11 is 0. The number of carbonyl (C=O) groups excluding carboxylic acids is 2. The van der Waals surface area contributed by atoms with Gasteiger partial charge in [-0.05, 0) is 36.6 Å². The first-order valence-electron chi connectivity index (χ1n) is 8.63. The molecule has 1 saturated carbocycles. The van der Waals surface area contributed by atoms with Crippen molar-refractivity contribution in [3.63, 3.8) is 0 Å². The largest absolute Gasteiger partial charge is 0.457 e. The Morgan fingerprint density at radius 1 is 1.11 bits per heavy atom. The van der Waals surface area contributed by atoms with Crippen molar-refractivity contribution in [3.05, 3.63) is 81.4 Å². The molecule has 2 atom stereocenters. The fourth-order valence-corrected chi connectivity index (χ4v) is 2.89. The number of ketones is 1. The number of hydrogen-bond acceptors (Lipinski definition) is 5. The third kappa shape index (κ3) is 3.95. The van der Waals surface area contributed by atoms with Crippen LogP contribution in [0.5, 0.6) is 0 Å². The molecule has 0 aromatic heterocycles. The number of para-hydroxylation sites is 1. The highest BCUT2D eigenvalue weighted by molar-refractivity contribution is 5.97. The van der Waals surface area contributed by atoms with Crippen molar-refractivity contribution in [1.29, 1.82) is 0 Å². The molecule has 2 aromatic rings. The Bertz CT molecular complexity index is 933. The maximum absolute atomic E-state index is 12.1. The smallest absolute Gasteiger partial charge is 0.316 e. The lowest BCUT2D eigenvalue weighted by Crippen LogP contribution is -2.22. The van der Waals surface area contributed by atoms with E-state index in [0.29, 0.717) is 17.6 Å². The van der Waals surface area contributed by atoms with Gasteiger partial charge in [0.25, 0.3) is 5.69 Å². The van der Waals surface area contributed by atoms with Crippen molar-refractivity contribution in [2.24, 2.45) is 5.92 Å². The number of nitro groups is 1. The van der Waals surface area contributed by atoms with Gasteiger partial charge in [-0.1, -0.05) is 42.5 Å². The van der Waals surface area contributed by atoms with E-state index in [-0.39, 0.29) is 11.5 Å². The third-order valence-corrected chi connectivity index (χ3v) is 4.61. The molecule has 0 radical (unpaired) electrons. The molecule has 138 valence electrons. The van der Waals surface area contributed by atoms with Gasteiger partial charge in [0.15, 0.2) is 0 Å². The van der Waals surface area contributed by atoms with E-state index >= 15 is 0 Å². The Morgan fingerprint density at radius 2 is 1.74 bits per heavy atom. The number of hydrogen-bond donors (Lipinski definition) is 0. The molecule has 0 bridgehead atoms. The predicted molar refractivity (Wildman–Crippen MR) is 99.9 cm³/mol. The summed E-state index contributed by atoms with van der Waals surface area (Å²) in [4.78, 5) is 34.5. The summed E-state index contributed by atoms with van der Waals surface area (Å²) in [6, 6.07) is 15.8. The van der Waals surface area contributed by atoms with Gasteiger partial charge >= 0.3 is 5.97 Å². The van der Waals surface area contributed by atoms with Crippen molar-refractivity contribution in [1.82, 2.24) is 0 Å². The minimum Gasteiger partial charge on any atom is -0.457 e. The zero-order chi connectivity index (χ0) is 19.6. The zero-order valence-corrected chi connectivity index (χ0v) is 15.0. The fourth-order valence-electron chi connectivity index (χ4n) is 2.89. The monoisotopic (exact) mass is 365 g/mol. The van der Waals surface area contributed by atoms with Crippen LogP contribution in [-0.2, 0) is 14.3 Å². The van der Waals surface area contributed by atoms with Crippen molar-refractivity contribution in [2.75, 3.05) is 0 Å². The Kier molecular flexibility index (Phi) is 5.16. The molecule has 0 aliphatic heterocycles. The number of Topliss-reactive ketones (excluding diaryl/α,β-unsaturated/α-hetero) is 1. The van der Waals surface area contributed by atoms with Gasteiger partial charge in [-0.15, -0.1) is 0 Å². The standard InChI is InChI=1S/C21H19NO5/c1-13(14(2)23)21(24)27-19-12-17(19)20(15-8-4-3-5-9-15)16-10-6-7-11-18(16)22(25)26/h3-11,13,19H,12H2,1-2H3. The van der Waals surface area contributed by atoms with Crippen molar-refractivity contribution >= 4 is 23.0 Å². The van der Waals surface area contributed by atoms with Crippen LogP contribution in [-0.4, -0.2) is 22.8 Å². The van der Waals surface area contributed by atoms with E-state index < -0.39 is 22.9 Å². The van der Waals surface area contributed by atoms with Crippen LogP contribution in [0.25, 0.3) is 5.57 Å². The van der Waals surface area contributed by atoms with Gasteiger partial charge < -0.3 is 4.74 Å². The van der Waals surface area contributed by atoms with Gasteiger partial charge in [-0.25, -0.2) is 0 Å². The van der Waals surface area contributed by atoms with E-state index in [1.54, 1.807) is 18.2 Å². The molecule has 6 heteroatoms. The number of esters is 1. The second-order valence-electron chi connectivity index (χ2n) is 6.50. The van der Waals surface area contributed by atoms with Gasteiger partial charge in [-0.3, -0.25) is 19.7 Å². The van der Waals surface area contributed by atoms with E-state index in [4.69, 9.17) is 4.74 Å². The van der Waals surface area contributed by atoms with E-state index in [9.17, 15) is 19.7 Å². The Balaban J connectivity index is 2.01. The zero-order valence-electron chi connectivity index (χ0n) is 15.0. The molecule has 2 unspecified atom stereocenters. The van der Waals surface area contributed by atoms with Crippen LogP contribution in [0.1, 0.15) is 31.4 Å². The first-order chi connectivity index (χ1) is 12.9. The minimum absolute atomic E-state index is 0.00191. The summed E-state index contributed by atoms with van der Waals surface area (Å²) in [6.45, 7) is 2.86. The maximum Gasteiger partial charge on any atom is 0.316 e. The second-order valence-corrected chi connectivity index (χ2v) is 6.50. The van der Waals surface area contributed by atoms with E-state index in [2.05, 4.69) is 0 Å². The lowest BCUT2D eigenvalue weighted by Gasteiger charge is -2.10. The molecule has 0 amide bonds. The lowest BCUT2D eigenvalue weighted by molar-refractivity contribution is -0.385. The molecular formula is C21H19NO5. The van der Waals surface area contributed by atoms with Crippen molar-refractivity contribution in [2.45, 2.75) is 26.4 Å². The average molecular weight is 365 g/mol. The molecule has 1 aliphatic rings. The maximum atomic E-state index is 12.1. The molecule has 0 N–H and O–H groups in total. The van der Waals surface area contributed by atoms with Crippen LogP contribution in [0.2, 0.25) is 0 Å². The first-order valence-corrected chi connectivity index (χ1v) is 8.63. The Hall–Kier alpha value is -3.28. The van der Waals surface area contributed by atoms with Crippen LogP contribution in [0.15, 0.2) is 60.2 Å². The van der Waals surface area contributed by atoms with Gasteiger partial charge in [0.1, 0.15) is 17.8 Å². The lowest BCUT2D eigenvalue weighted by atomic mass is 9.95. The van der Waals surface area contributed by atoms with Crippen molar-refractivity contribution in [3.8, 4) is 0 Å². The van der Waals surface area contributed by atoms with E-state index in [1.807, 2.05) is 30.3 Å². The Morgan fingerprint density at radius 3 is 2.37 bits per heavy atom. The molecule has 2 aromatic carbocycles. The highest BCUT2D eigenvalue weighted by Crippen LogP contribution is 2.45. The molecule has 27 heavy (non-hydrogen) atoms. The van der Waals surface area contributed by atoms with Crippen LogP contribution in [0.4, 0.5) is 5.69 Å². The van der Waals surface area contributed by atoms with Gasteiger partial charge in [0.2, 0.25) is 0 Å². The summed E-state index contributed by atoms with van der Waals surface area (Å²) in [5.74, 6) is -1.65. The third-order valence-electron chi connectivity index (χ3n) is 4.61. The number of nitrogens with zero attached hydrogens (tertiary/aromatic N) is 1. The van der Waals surface area contributed by atoms with Crippen LogP contribution in [0.3, 0.4) is 0 Å². The number of carbonyl (C=O) groups is 2. The highest BCUT2D eigenvalue weighted by atomic mass is 16.6. The summed E-state index contributed by atoms with van der Waals surface area (Å²) in [6.07, 6.45) is 0.0291. The van der Waals surface area contributed by atoms with E-state index in [0.717, 1.165) is 11.1 Å². The summed E-state index contributed by atoms with van der Waals surface area (Å²) < 4.78 is 5.43. The van der Waals surface area contributed by atoms with Crippen molar-refractivity contribution < 1.29 is 19.2 Å². The van der Waals surface area contributed by atoms with Crippen LogP contribution < -0.4 is 0 Å². The van der Waals surface area contributed by atoms with Crippen LogP contribution in [0, 0.1) is 16.0 Å². The fraction of sp³-hybridized carbons (Fsp3) is 0.238. The molecular weight excluding hydrogens is 346 g/mol. The molecule has 1 aliphatic carbocycles. The SMILES string of the molecule is CC(=O)C(C)C(=O)OC1CC1=C(c1ccccc1)c1ccccc1[N+](=O)[O-]. The average Bonchev–Trinajstić information content (AvgIpc) is 3.40. The molecule has 1 fully saturated rings. The predicted octanol–water partition coefficient (Wildman–Crippen LogP) is 3.94. The molecule has 3 rings (SSSR count). The van der Waals surface area contributed by atoms with Gasteiger partial charge in [0, 0.05) is 12.5 Å². The molecule has 0 saturated heterocycles. The van der Waals surface area contributed by atoms with Gasteiger partial charge in [0.05, 0.1) is 10.5 Å². The first kappa shape index (κ1) is 18.5.